The number of carbonyl (C=O) groups is 2. The molecule has 1 aliphatic rings. The molecule has 7 nitrogen and oxygen atoms in total. The second-order valence-electron chi connectivity index (χ2n) is 9.17. The van der Waals surface area contributed by atoms with E-state index in [1.165, 1.54) is 22.9 Å². The Morgan fingerprint density at radius 2 is 1.81 bits per heavy atom. The van der Waals surface area contributed by atoms with Crippen molar-refractivity contribution in [3.8, 4) is 17.0 Å². The number of halogens is 1. The quantitative estimate of drug-likeness (QED) is 0.298. The van der Waals surface area contributed by atoms with Crippen molar-refractivity contribution >= 4 is 17.6 Å². The highest BCUT2D eigenvalue weighted by molar-refractivity contribution is 6.04. The minimum absolute atomic E-state index is 0.0636. The highest BCUT2D eigenvalue weighted by Gasteiger charge is 2.30. The molecule has 0 aliphatic heterocycles. The lowest BCUT2D eigenvalue weighted by atomic mass is 10.1. The summed E-state index contributed by atoms with van der Waals surface area (Å²) in [5.41, 5.74) is 4.42. The van der Waals surface area contributed by atoms with Crippen LogP contribution in [-0.2, 0) is 13.0 Å². The topological polar surface area (TPSA) is 96.3 Å². The third kappa shape index (κ3) is 5.53. The highest BCUT2D eigenvalue weighted by Crippen LogP contribution is 2.42. The molecule has 0 unspecified atom stereocenters. The van der Waals surface area contributed by atoms with Gasteiger partial charge in [0, 0.05) is 35.3 Å². The van der Waals surface area contributed by atoms with Crippen molar-refractivity contribution in [1.29, 1.82) is 0 Å². The average Bonchev–Trinajstić information content (AvgIpc) is 3.65. The van der Waals surface area contributed by atoms with Gasteiger partial charge < -0.3 is 15.7 Å². The molecule has 0 atom stereocenters. The van der Waals surface area contributed by atoms with Crippen LogP contribution in [0.2, 0.25) is 0 Å². The molecule has 3 N–H and O–H groups in total. The van der Waals surface area contributed by atoms with Gasteiger partial charge in [-0.2, -0.15) is 9.78 Å². The molecule has 1 fully saturated rings. The Morgan fingerprint density at radius 1 is 1.03 bits per heavy atom. The van der Waals surface area contributed by atoms with Gasteiger partial charge in [0.05, 0.1) is 11.4 Å². The number of aryl methyl sites for hydroxylation is 1. The fourth-order valence-electron chi connectivity index (χ4n) is 4.18. The maximum Gasteiger partial charge on any atom is 0.342 e. The monoisotopic (exact) mass is 498 g/mol. The molecule has 1 heterocycles. The molecule has 4 aromatic rings. The Morgan fingerprint density at radius 3 is 2.49 bits per heavy atom. The number of nitrogens with zero attached hydrogens (tertiary/aromatic N) is 2. The predicted octanol–water partition coefficient (Wildman–Crippen LogP) is 5.84. The number of aromatic nitrogens is 2. The van der Waals surface area contributed by atoms with Crippen LogP contribution in [0.15, 0.2) is 72.8 Å². The van der Waals surface area contributed by atoms with Crippen LogP contribution < -0.4 is 10.6 Å². The maximum atomic E-state index is 13.5. The summed E-state index contributed by atoms with van der Waals surface area (Å²) in [5.74, 6) is -0.478. The number of aromatic hydroxyl groups is 1. The minimum Gasteiger partial charge on any atom is -0.507 e. The van der Waals surface area contributed by atoms with Crippen molar-refractivity contribution in [2.75, 3.05) is 5.32 Å². The number of phenolic OH excluding ortho intramolecular Hbond substituents is 1. The third-order valence-corrected chi connectivity index (χ3v) is 6.41. The smallest absolute Gasteiger partial charge is 0.342 e. The first-order valence-electron chi connectivity index (χ1n) is 12.3. The van der Waals surface area contributed by atoms with Crippen LogP contribution in [0.1, 0.15) is 52.9 Å². The number of phenols is 1. The summed E-state index contributed by atoms with van der Waals surface area (Å²) in [5, 5.41) is 20.8. The Labute approximate surface area is 214 Å². The van der Waals surface area contributed by atoms with Crippen LogP contribution >= 0.6 is 0 Å². The number of rotatable bonds is 7. The fraction of sp³-hybridized carbons (Fsp3) is 0.207. The summed E-state index contributed by atoms with van der Waals surface area (Å²) in [7, 11) is 0. The van der Waals surface area contributed by atoms with Crippen LogP contribution in [0, 0.1) is 5.82 Å². The molecule has 1 aromatic heterocycles. The summed E-state index contributed by atoms with van der Waals surface area (Å²) in [6, 6.07) is 19.6. The SMILES string of the molecule is CCc1ccc(C(=O)Nc2ccc(-c3cc(C4CC4)n(C(=O)NCc4cccc(F)c4)n3)c(O)c2)cc1. The second kappa shape index (κ2) is 10.3. The first-order chi connectivity index (χ1) is 17.9. The summed E-state index contributed by atoms with van der Waals surface area (Å²) < 4.78 is 14.8. The van der Waals surface area contributed by atoms with E-state index in [-0.39, 0.29) is 29.9 Å². The third-order valence-electron chi connectivity index (χ3n) is 6.41. The molecule has 8 heteroatoms. The van der Waals surface area contributed by atoms with Crippen molar-refractivity contribution in [2.45, 2.75) is 38.6 Å². The lowest BCUT2D eigenvalue weighted by Crippen LogP contribution is -2.30. The van der Waals surface area contributed by atoms with Gasteiger partial charge in [-0.25, -0.2) is 9.18 Å². The number of hydrogen-bond donors (Lipinski definition) is 3. The Kier molecular flexibility index (Phi) is 6.72. The zero-order valence-corrected chi connectivity index (χ0v) is 20.4. The van der Waals surface area contributed by atoms with Crippen LogP contribution in [0.5, 0.6) is 5.75 Å². The predicted molar refractivity (Wildman–Crippen MR) is 139 cm³/mol. The zero-order valence-electron chi connectivity index (χ0n) is 20.4. The summed E-state index contributed by atoms with van der Waals surface area (Å²) in [6.07, 6.45) is 2.81. The van der Waals surface area contributed by atoms with Gasteiger partial charge in [-0.1, -0.05) is 31.2 Å². The van der Waals surface area contributed by atoms with Gasteiger partial charge in [-0.3, -0.25) is 4.79 Å². The number of hydrogen-bond acceptors (Lipinski definition) is 4. The number of nitrogens with one attached hydrogen (secondary N) is 2. The van der Waals surface area contributed by atoms with Crippen LogP contribution in [0.25, 0.3) is 11.3 Å². The number of amides is 2. The molecule has 0 saturated heterocycles. The van der Waals surface area contributed by atoms with Gasteiger partial charge in [0.15, 0.2) is 0 Å². The van der Waals surface area contributed by atoms with E-state index in [4.69, 9.17) is 0 Å². The molecule has 188 valence electrons. The average molecular weight is 499 g/mol. The summed E-state index contributed by atoms with van der Waals surface area (Å²) in [4.78, 5) is 25.5. The van der Waals surface area contributed by atoms with E-state index in [1.807, 2.05) is 18.2 Å². The van der Waals surface area contributed by atoms with E-state index < -0.39 is 6.03 Å². The van der Waals surface area contributed by atoms with E-state index in [0.29, 0.717) is 28.1 Å². The molecule has 0 spiro atoms. The number of carbonyl (C=O) groups excluding carboxylic acids is 2. The molecule has 5 rings (SSSR count). The highest BCUT2D eigenvalue weighted by atomic mass is 19.1. The zero-order chi connectivity index (χ0) is 25.9. The van der Waals surface area contributed by atoms with E-state index >= 15 is 0 Å². The largest absolute Gasteiger partial charge is 0.507 e. The van der Waals surface area contributed by atoms with Gasteiger partial charge in [-0.15, -0.1) is 0 Å². The van der Waals surface area contributed by atoms with Crippen LogP contribution in [0.4, 0.5) is 14.9 Å². The molecule has 3 aromatic carbocycles. The molecule has 2 amide bonds. The lowest BCUT2D eigenvalue weighted by molar-refractivity contribution is 0.102. The summed E-state index contributed by atoms with van der Waals surface area (Å²) >= 11 is 0. The van der Waals surface area contributed by atoms with Crippen molar-refractivity contribution in [3.63, 3.8) is 0 Å². The first-order valence-corrected chi connectivity index (χ1v) is 12.3. The van der Waals surface area contributed by atoms with Crippen molar-refractivity contribution in [2.24, 2.45) is 0 Å². The number of benzene rings is 3. The van der Waals surface area contributed by atoms with Gasteiger partial charge in [0.25, 0.3) is 5.91 Å². The van der Waals surface area contributed by atoms with E-state index in [9.17, 15) is 19.1 Å². The van der Waals surface area contributed by atoms with Gasteiger partial charge in [0.1, 0.15) is 11.6 Å². The van der Waals surface area contributed by atoms with Crippen LogP contribution in [-0.4, -0.2) is 26.8 Å². The van der Waals surface area contributed by atoms with Crippen molar-refractivity contribution < 1.29 is 19.1 Å². The molecule has 1 saturated carbocycles. The van der Waals surface area contributed by atoms with Gasteiger partial charge >= 0.3 is 6.03 Å². The minimum atomic E-state index is -0.421. The van der Waals surface area contributed by atoms with Crippen LogP contribution in [0.3, 0.4) is 0 Å². The van der Waals surface area contributed by atoms with Gasteiger partial charge in [0.2, 0.25) is 0 Å². The van der Waals surface area contributed by atoms with Crippen molar-refractivity contribution in [3.05, 3.63) is 101 Å². The maximum absolute atomic E-state index is 13.5. The first kappa shape index (κ1) is 24.2. The Bertz CT molecular complexity index is 1460. The fourth-order valence-corrected chi connectivity index (χ4v) is 4.18. The Balaban J connectivity index is 1.32. The number of anilines is 1. The lowest BCUT2D eigenvalue weighted by Gasteiger charge is -2.09. The molecule has 1 aliphatic carbocycles. The molecule has 0 bridgehead atoms. The van der Waals surface area contributed by atoms with E-state index in [2.05, 4.69) is 22.7 Å². The van der Waals surface area contributed by atoms with E-state index in [1.54, 1.807) is 36.4 Å². The molecule has 37 heavy (non-hydrogen) atoms. The molecular weight excluding hydrogens is 471 g/mol. The summed E-state index contributed by atoms with van der Waals surface area (Å²) in [6.45, 7) is 2.21. The van der Waals surface area contributed by atoms with E-state index in [0.717, 1.165) is 30.5 Å². The van der Waals surface area contributed by atoms with Gasteiger partial charge in [-0.05, 0) is 72.9 Å². The normalized spacial score (nSPS) is 12.8. The van der Waals surface area contributed by atoms with Crippen molar-refractivity contribution in [1.82, 2.24) is 15.1 Å². The second-order valence-corrected chi connectivity index (χ2v) is 9.17. The molecule has 0 radical (unpaired) electrons. The molecular formula is C29H27FN4O3. The standard InChI is InChI=1S/C29H27FN4O3/c1-2-18-6-8-21(9-7-18)28(36)32-23-12-13-24(27(35)15-23)25-16-26(20-10-11-20)34(33-25)29(37)31-17-19-4-3-5-22(30)14-19/h3-9,12-16,20,35H,2,10-11,17H2,1H3,(H,31,37)(H,32,36). The Hall–Kier alpha value is -4.46.